The second-order valence-electron chi connectivity index (χ2n) is 6.75. The molecule has 1 aliphatic rings. The number of rotatable bonds is 5. The maximum Gasteiger partial charge on any atom is 0.258 e. The molecule has 1 saturated heterocycles. The largest absolute Gasteiger partial charge is 0.342 e. The van der Waals surface area contributed by atoms with Gasteiger partial charge in [-0.15, -0.1) is 0 Å². The minimum absolute atomic E-state index is 0.000193. The van der Waals surface area contributed by atoms with E-state index in [-0.39, 0.29) is 11.8 Å². The predicted molar refractivity (Wildman–Crippen MR) is 98.6 cm³/mol. The number of amides is 1. The summed E-state index contributed by atoms with van der Waals surface area (Å²) >= 11 is 0. The van der Waals surface area contributed by atoms with Crippen LogP contribution in [0.3, 0.4) is 0 Å². The number of likely N-dealkylation sites (tertiary alicyclic amines) is 1. The Bertz CT molecular complexity index is 904. The number of nitrogens with zero attached hydrogens (tertiary/aromatic N) is 3. The monoisotopic (exact) mass is 347 g/mol. The van der Waals surface area contributed by atoms with E-state index in [4.69, 9.17) is 4.52 Å². The molecule has 0 unspecified atom stereocenters. The molecule has 1 atom stereocenters. The third-order valence-electron chi connectivity index (χ3n) is 4.91. The third-order valence-corrected chi connectivity index (χ3v) is 4.91. The van der Waals surface area contributed by atoms with Crippen molar-refractivity contribution in [3.8, 4) is 11.5 Å². The van der Waals surface area contributed by atoms with E-state index in [0.717, 1.165) is 24.1 Å². The molecule has 26 heavy (non-hydrogen) atoms. The second kappa shape index (κ2) is 7.12. The fourth-order valence-corrected chi connectivity index (χ4v) is 3.39. The van der Waals surface area contributed by atoms with Crippen LogP contribution in [0.2, 0.25) is 0 Å². The maximum atomic E-state index is 12.3. The topological polar surface area (TPSA) is 59.2 Å². The number of hydrogen-bond acceptors (Lipinski definition) is 4. The molecule has 1 aromatic heterocycles. The van der Waals surface area contributed by atoms with Gasteiger partial charge < -0.3 is 9.42 Å². The molecule has 3 aromatic rings. The lowest BCUT2D eigenvalue weighted by Crippen LogP contribution is -2.27. The minimum atomic E-state index is -0.000193. The molecule has 0 N–H and O–H groups in total. The van der Waals surface area contributed by atoms with E-state index in [1.54, 1.807) is 0 Å². The molecule has 1 amide bonds. The van der Waals surface area contributed by atoms with Gasteiger partial charge in [0.25, 0.3) is 5.89 Å². The lowest BCUT2D eigenvalue weighted by molar-refractivity contribution is -0.127. The Hall–Kier alpha value is -2.95. The van der Waals surface area contributed by atoms with Crippen molar-refractivity contribution in [1.82, 2.24) is 15.0 Å². The predicted octanol–water partition coefficient (Wildman–Crippen LogP) is 3.60. The summed E-state index contributed by atoms with van der Waals surface area (Å²) in [5, 5.41) is 4.14. The molecule has 2 aromatic carbocycles. The summed E-state index contributed by atoms with van der Waals surface area (Å²) < 4.78 is 5.45. The highest BCUT2D eigenvalue weighted by molar-refractivity contribution is 5.79. The normalized spacial score (nSPS) is 17.0. The Balaban J connectivity index is 1.43. The lowest BCUT2D eigenvalue weighted by Gasteiger charge is -2.15. The number of aromatic nitrogens is 2. The van der Waals surface area contributed by atoms with Crippen LogP contribution in [0.15, 0.2) is 59.1 Å². The van der Waals surface area contributed by atoms with E-state index in [2.05, 4.69) is 22.3 Å². The first-order valence-electron chi connectivity index (χ1n) is 8.92. The van der Waals surface area contributed by atoms with Gasteiger partial charge >= 0.3 is 0 Å². The van der Waals surface area contributed by atoms with Gasteiger partial charge in [0.15, 0.2) is 5.82 Å². The van der Waals surface area contributed by atoms with Crippen molar-refractivity contribution in [3.63, 3.8) is 0 Å². The van der Waals surface area contributed by atoms with Crippen LogP contribution in [0.5, 0.6) is 0 Å². The first-order chi connectivity index (χ1) is 12.7. The number of hydrogen-bond donors (Lipinski definition) is 0. The summed E-state index contributed by atoms with van der Waals surface area (Å²) in [6.07, 6.45) is 1.31. The summed E-state index contributed by atoms with van der Waals surface area (Å²) in [5.74, 6) is 1.31. The number of carbonyl (C=O) groups is 1. The summed E-state index contributed by atoms with van der Waals surface area (Å²) in [7, 11) is 0. The molecule has 0 saturated carbocycles. The average molecular weight is 347 g/mol. The standard InChI is InChI=1S/C21H21N3O2/c1-15-7-5-6-10-18(15)21-22-20(23-26-21)17-13-19(25)24(14-17)12-11-16-8-3-2-4-9-16/h2-10,17H,11-14H2,1H3/t17-/m1/s1. The van der Waals surface area contributed by atoms with E-state index in [1.807, 2.05) is 54.3 Å². The van der Waals surface area contributed by atoms with E-state index in [9.17, 15) is 4.79 Å². The molecule has 0 radical (unpaired) electrons. The van der Waals surface area contributed by atoms with Crippen LogP contribution < -0.4 is 0 Å². The van der Waals surface area contributed by atoms with E-state index in [1.165, 1.54) is 5.56 Å². The molecule has 5 heteroatoms. The van der Waals surface area contributed by atoms with Gasteiger partial charge in [0, 0.05) is 31.0 Å². The van der Waals surface area contributed by atoms with Gasteiger partial charge in [0.1, 0.15) is 0 Å². The Labute approximate surface area is 152 Å². The van der Waals surface area contributed by atoms with E-state index >= 15 is 0 Å². The van der Waals surface area contributed by atoms with Gasteiger partial charge in [-0.25, -0.2) is 0 Å². The Morgan fingerprint density at radius 3 is 2.69 bits per heavy atom. The van der Waals surface area contributed by atoms with Gasteiger partial charge in [-0.2, -0.15) is 4.98 Å². The van der Waals surface area contributed by atoms with Crippen molar-refractivity contribution in [2.45, 2.75) is 25.7 Å². The van der Waals surface area contributed by atoms with Crippen molar-refractivity contribution in [1.29, 1.82) is 0 Å². The van der Waals surface area contributed by atoms with Gasteiger partial charge in [-0.1, -0.05) is 53.7 Å². The van der Waals surface area contributed by atoms with Crippen LogP contribution >= 0.6 is 0 Å². The van der Waals surface area contributed by atoms with Crippen LogP contribution in [0.1, 0.15) is 29.3 Å². The Morgan fingerprint density at radius 1 is 1.12 bits per heavy atom. The van der Waals surface area contributed by atoms with Crippen molar-refractivity contribution < 1.29 is 9.32 Å². The SMILES string of the molecule is Cc1ccccc1-c1nc([C@@H]2CC(=O)N(CCc3ccccc3)C2)no1. The lowest BCUT2D eigenvalue weighted by atomic mass is 10.1. The Kier molecular flexibility index (Phi) is 4.52. The van der Waals surface area contributed by atoms with Crippen molar-refractivity contribution in [3.05, 3.63) is 71.5 Å². The quantitative estimate of drug-likeness (QED) is 0.707. The maximum absolute atomic E-state index is 12.3. The zero-order chi connectivity index (χ0) is 17.9. The summed E-state index contributed by atoms with van der Waals surface area (Å²) in [6.45, 7) is 3.39. The molecule has 4 rings (SSSR count). The van der Waals surface area contributed by atoms with E-state index in [0.29, 0.717) is 24.7 Å². The molecule has 2 heterocycles. The second-order valence-corrected chi connectivity index (χ2v) is 6.75. The zero-order valence-corrected chi connectivity index (χ0v) is 14.8. The molecular weight excluding hydrogens is 326 g/mol. The highest BCUT2D eigenvalue weighted by atomic mass is 16.5. The Morgan fingerprint density at radius 2 is 1.88 bits per heavy atom. The highest BCUT2D eigenvalue weighted by Gasteiger charge is 2.33. The number of benzene rings is 2. The molecule has 0 aliphatic carbocycles. The first kappa shape index (κ1) is 16.5. The molecular formula is C21H21N3O2. The van der Waals surface area contributed by atoms with Crippen LogP contribution in [-0.4, -0.2) is 34.0 Å². The highest BCUT2D eigenvalue weighted by Crippen LogP contribution is 2.29. The fourth-order valence-electron chi connectivity index (χ4n) is 3.39. The van der Waals surface area contributed by atoms with Gasteiger partial charge in [-0.3, -0.25) is 4.79 Å². The fraction of sp³-hybridized carbons (Fsp3) is 0.286. The summed E-state index contributed by atoms with van der Waals surface area (Å²) in [6, 6.07) is 18.2. The molecule has 1 aliphatic heterocycles. The third kappa shape index (κ3) is 3.38. The van der Waals surface area contributed by atoms with E-state index < -0.39 is 0 Å². The van der Waals surface area contributed by atoms with Crippen LogP contribution in [0.4, 0.5) is 0 Å². The molecule has 0 spiro atoms. The number of aryl methyl sites for hydroxylation is 1. The number of carbonyl (C=O) groups excluding carboxylic acids is 1. The molecule has 5 nitrogen and oxygen atoms in total. The van der Waals surface area contributed by atoms with Gasteiger partial charge in [0.2, 0.25) is 5.91 Å². The molecule has 1 fully saturated rings. The minimum Gasteiger partial charge on any atom is -0.342 e. The van der Waals surface area contributed by atoms with Gasteiger partial charge in [0.05, 0.1) is 0 Å². The zero-order valence-electron chi connectivity index (χ0n) is 14.8. The van der Waals surface area contributed by atoms with Crippen LogP contribution in [-0.2, 0) is 11.2 Å². The van der Waals surface area contributed by atoms with Crippen molar-refractivity contribution >= 4 is 5.91 Å². The summed E-state index contributed by atoms with van der Waals surface area (Å²) in [4.78, 5) is 18.8. The average Bonchev–Trinajstić information content (AvgIpc) is 3.28. The van der Waals surface area contributed by atoms with Crippen molar-refractivity contribution in [2.24, 2.45) is 0 Å². The molecule has 132 valence electrons. The van der Waals surface area contributed by atoms with Crippen LogP contribution in [0.25, 0.3) is 11.5 Å². The molecule has 0 bridgehead atoms. The van der Waals surface area contributed by atoms with Gasteiger partial charge in [-0.05, 0) is 30.5 Å². The summed E-state index contributed by atoms with van der Waals surface area (Å²) in [5.41, 5.74) is 3.27. The van der Waals surface area contributed by atoms with Crippen molar-refractivity contribution in [2.75, 3.05) is 13.1 Å². The first-order valence-corrected chi connectivity index (χ1v) is 8.92. The smallest absolute Gasteiger partial charge is 0.258 e. The van der Waals surface area contributed by atoms with Crippen LogP contribution in [0, 0.1) is 6.92 Å².